The minimum absolute atomic E-state index is 0.00994. The molecule has 192 valence electrons. The van der Waals surface area contributed by atoms with E-state index in [4.69, 9.17) is 15.2 Å². The quantitative estimate of drug-likeness (QED) is 0.231. The van der Waals surface area contributed by atoms with Crippen LogP contribution < -0.4 is 27.0 Å². The Labute approximate surface area is 196 Å². The molecule has 0 aromatic carbocycles. The molecule has 0 atom stereocenters. The van der Waals surface area contributed by atoms with Crippen LogP contribution in [0.5, 0.6) is 0 Å². The lowest BCUT2D eigenvalue weighted by molar-refractivity contribution is -0.125. The monoisotopic (exact) mass is 474 g/mol. The third-order valence-corrected chi connectivity index (χ3v) is 3.64. The minimum Gasteiger partial charge on any atom is -0.444 e. The normalized spacial score (nSPS) is 11.5. The molecule has 0 aromatic rings. The number of carbonyl (C=O) groups is 4. The second kappa shape index (κ2) is 15.3. The third-order valence-electron chi connectivity index (χ3n) is 3.64. The topological polar surface area (TPSA) is 164 Å². The average Bonchev–Trinajstić information content (AvgIpc) is 2.64. The van der Waals surface area contributed by atoms with E-state index in [0.29, 0.717) is 19.5 Å². The SMILES string of the molecule is CC(C)(C)OC(=O)NCCNC(=O)CN(CCCN)CC(=O)NCCNC(=O)OC(C)(C)C. The summed E-state index contributed by atoms with van der Waals surface area (Å²) in [4.78, 5) is 49.3. The summed E-state index contributed by atoms with van der Waals surface area (Å²) >= 11 is 0. The first kappa shape index (κ1) is 30.4. The van der Waals surface area contributed by atoms with Crippen molar-refractivity contribution in [2.45, 2.75) is 59.2 Å². The van der Waals surface area contributed by atoms with Gasteiger partial charge in [-0.1, -0.05) is 0 Å². The van der Waals surface area contributed by atoms with E-state index in [1.165, 1.54) is 0 Å². The van der Waals surface area contributed by atoms with Crippen LogP contribution in [0.3, 0.4) is 0 Å². The Bertz CT molecular complexity index is 580. The van der Waals surface area contributed by atoms with Crippen molar-refractivity contribution in [3.8, 4) is 0 Å². The van der Waals surface area contributed by atoms with Crippen LogP contribution in [0, 0.1) is 0 Å². The lowest BCUT2D eigenvalue weighted by atomic mass is 10.2. The molecule has 12 heteroatoms. The van der Waals surface area contributed by atoms with E-state index >= 15 is 0 Å². The highest BCUT2D eigenvalue weighted by Gasteiger charge is 2.17. The van der Waals surface area contributed by atoms with Crippen LogP contribution in [0.25, 0.3) is 0 Å². The van der Waals surface area contributed by atoms with Gasteiger partial charge in [0.25, 0.3) is 0 Å². The van der Waals surface area contributed by atoms with Gasteiger partial charge in [0.1, 0.15) is 11.2 Å². The molecule has 0 aliphatic heterocycles. The van der Waals surface area contributed by atoms with E-state index in [0.717, 1.165) is 0 Å². The molecule has 4 amide bonds. The molecule has 0 spiro atoms. The van der Waals surface area contributed by atoms with Gasteiger partial charge in [-0.25, -0.2) is 9.59 Å². The highest BCUT2D eigenvalue weighted by atomic mass is 16.6. The predicted molar refractivity (Wildman–Crippen MR) is 125 cm³/mol. The zero-order valence-corrected chi connectivity index (χ0v) is 20.8. The highest BCUT2D eigenvalue weighted by Crippen LogP contribution is 2.06. The maximum absolute atomic E-state index is 12.2. The van der Waals surface area contributed by atoms with Gasteiger partial charge in [-0.05, 0) is 54.5 Å². The number of ether oxygens (including phenoxy) is 2. The van der Waals surface area contributed by atoms with Crippen LogP contribution in [0.2, 0.25) is 0 Å². The molecule has 0 bridgehead atoms. The van der Waals surface area contributed by atoms with Crippen molar-refractivity contribution >= 4 is 24.0 Å². The lowest BCUT2D eigenvalue weighted by Crippen LogP contribution is -2.46. The third kappa shape index (κ3) is 19.8. The molecule has 0 saturated carbocycles. The largest absolute Gasteiger partial charge is 0.444 e. The summed E-state index contributed by atoms with van der Waals surface area (Å²) in [5, 5.41) is 10.5. The van der Waals surface area contributed by atoms with Crippen molar-refractivity contribution in [1.82, 2.24) is 26.2 Å². The van der Waals surface area contributed by atoms with Gasteiger partial charge in [-0.3, -0.25) is 14.5 Å². The molecule has 0 aliphatic rings. The molecule has 0 unspecified atom stereocenters. The summed E-state index contributed by atoms with van der Waals surface area (Å²) in [6.07, 6.45) is -0.487. The fraction of sp³-hybridized carbons (Fsp3) is 0.810. The number of rotatable bonds is 13. The van der Waals surface area contributed by atoms with E-state index in [9.17, 15) is 19.2 Å². The fourth-order valence-corrected chi connectivity index (χ4v) is 2.41. The Morgan fingerprint density at radius 1 is 0.697 bits per heavy atom. The zero-order valence-electron chi connectivity index (χ0n) is 20.8. The Morgan fingerprint density at radius 2 is 1.06 bits per heavy atom. The summed E-state index contributed by atoms with van der Waals surface area (Å²) in [5.41, 5.74) is 4.36. The predicted octanol–water partition coefficient (Wildman–Crippen LogP) is -0.0810. The molecule has 0 rings (SSSR count). The number of alkyl carbamates (subject to hydrolysis) is 2. The van der Waals surface area contributed by atoms with Crippen LogP contribution >= 0.6 is 0 Å². The van der Waals surface area contributed by atoms with Crippen molar-refractivity contribution < 1.29 is 28.7 Å². The van der Waals surface area contributed by atoms with Gasteiger partial charge < -0.3 is 36.5 Å². The van der Waals surface area contributed by atoms with Crippen LogP contribution in [0.15, 0.2) is 0 Å². The standard InChI is InChI=1S/C21H42N6O6/c1-20(2,3)32-18(30)25-11-9-23-16(28)14-27(13-7-8-22)15-17(29)24-10-12-26-19(31)33-21(4,5)6/h7-15,22H2,1-6H3,(H,23,28)(H,24,29)(H,25,30)(H,26,31). The van der Waals surface area contributed by atoms with Gasteiger partial charge in [0.05, 0.1) is 13.1 Å². The number of nitrogens with zero attached hydrogens (tertiary/aromatic N) is 1. The number of nitrogens with two attached hydrogens (primary N) is 1. The minimum atomic E-state index is -0.594. The van der Waals surface area contributed by atoms with Gasteiger partial charge in [0, 0.05) is 32.7 Å². The molecule has 0 radical (unpaired) electrons. The Balaban J connectivity index is 4.26. The van der Waals surface area contributed by atoms with E-state index in [-0.39, 0.29) is 51.1 Å². The first-order valence-electron chi connectivity index (χ1n) is 11.1. The molecular formula is C21H42N6O6. The fourth-order valence-electron chi connectivity index (χ4n) is 2.41. The summed E-state index contributed by atoms with van der Waals surface area (Å²) in [6.45, 7) is 12.4. The second-order valence-corrected chi connectivity index (χ2v) is 9.41. The molecular weight excluding hydrogens is 432 g/mol. The molecule has 0 heterocycles. The van der Waals surface area contributed by atoms with Crippen molar-refractivity contribution in [2.75, 3.05) is 52.4 Å². The number of hydrogen-bond acceptors (Lipinski definition) is 8. The van der Waals surface area contributed by atoms with Crippen LogP contribution in [-0.4, -0.2) is 92.5 Å². The van der Waals surface area contributed by atoms with Gasteiger partial charge in [0.15, 0.2) is 0 Å². The van der Waals surface area contributed by atoms with E-state index in [1.54, 1.807) is 46.4 Å². The molecule has 12 nitrogen and oxygen atoms in total. The smallest absolute Gasteiger partial charge is 0.407 e. The molecule has 6 N–H and O–H groups in total. The summed E-state index contributed by atoms with van der Waals surface area (Å²) in [5.74, 6) is -0.560. The van der Waals surface area contributed by atoms with Crippen LogP contribution in [0.4, 0.5) is 9.59 Å². The van der Waals surface area contributed by atoms with Crippen molar-refractivity contribution in [2.24, 2.45) is 5.73 Å². The summed E-state index contributed by atoms with van der Waals surface area (Å²) in [6, 6.07) is 0. The lowest BCUT2D eigenvalue weighted by Gasteiger charge is -2.22. The van der Waals surface area contributed by atoms with Crippen LogP contribution in [0.1, 0.15) is 48.0 Å². The maximum atomic E-state index is 12.2. The Morgan fingerprint density at radius 3 is 1.39 bits per heavy atom. The van der Waals surface area contributed by atoms with Crippen LogP contribution in [-0.2, 0) is 19.1 Å². The van der Waals surface area contributed by atoms with E-state index in [2.05, 4.69) is 21.3 Å². The number of nitrogens with one attached hydrogen (secondary N) is 4. The number of carbonyl (C=O) groups excluding carboxylic acids is 4. The molecule has 0 saturated heterocycles. The molecule has 33 heavy (non-hydrogen) atoms. The van der Waals surface area contributed by atoms with Crippen molar-refractivity contribution in [3.05, 3.63) is 0 Å². The van der Waals surface area contributed by atoms with Gasteiger partial charge >= 0.3 is 12.2 Å². The summed E-state index contributed by atoms with van der Waals surface area (Å²) in [7, 11) is 0. The highest BCUT2D eigenvalue weighted by molar-refractivity contribution is 5.81. The van der Waals surface area contributed by atoms with Gasteiger partial charge in [-0.2, -0.15) is 0 Å². The summed E-state index contributed by atoms with van der Waals surface area (Å²) < 4.78 is 10.2. The van der Waals surface area contributed by atoms with E-state index < -0.39 is 23.4 Å². The number of amides is 4. The van der Waals surface area contributed by atoms with Gasteiger partial charge in [-0.15, -0.1) is 0 Å². The maximum Gasteiger partial charge on any atom is 0.407 e. The zero-order chi connectivity index (χ0) is 25.5. The Kier molecular flexibility index (Phi) is 14.1. The molecule has 0 fully saturated rings. The molecule has 0 aromatic heterocycles. The first-order valence-corrected chi connectivity index (χ1v) is 11.1. The molecule has 0 aliphatic carbocycles. The Hall–Kier alpha value is -2.60. The van der Waals surface area contributed by atoms with Gasteiger partial charge in [0.2, 0.25) is 11.8 Å². The average molecular weight is 475 g/mol. The van der Waals surface area contributed by atoms with Crippen molar-refractivity contribution in [3.63, 3.8) is 0 Å². The first-order chi connectivity index (χ1) is 15.2. The second-order valence-electron chi connectivity index (χ2n) is 9.41. The van der Waals surface area contributed by atoms with E-state index in [1.807, 2.05) is 0 Å². The van der Waals surface area contributed by atoms with Crippen molar-refractivity contribution in [1.29, 1.82) is 0 Å². The number of hydrogen-bond donors (Lipinski definition) is 5.